The molecule has 196 valence electrons. The van der Waals surface area contributed by atoms with Gasteiger partial charge in [0, 0.05) is 50.2 Å². The van der Waals surface area contributed by atoms with Crippen molar-refractivity contribution in [1.29, 1.82) is 0 Å². The molecule has 1 aliphatic heterocycles. The molecular formula is C26H31N5O6. The van der Waals surface area contributed by atoms with Crippen molar-refractivity contribution in [2.45, 2.75) is 20.0 Å². The van der Waals surface area contributed by atoms with Crippen LogP contribution in [0.1, 0.15) is 17.3 Å². The van der Waals surface area contributed by atoms with Crippen LogP contribution in [0.3, 0.4) is 0 Å². The quantitative estimate of drug-likeness (QED) is 0.423. The second kappa shape index (κ2) is 12.0. The van der Waals surface area contributed by atoms with E-state index in [1.165, 1.54) is 18.6 Å². The first-order chi connectivity index (χ1) is 17.9. The molecule has 0 spiro atoms. The Kier molecular flexibility index (Phi) is 8.49. The summed E-state index contributed by atoms with van der Waals surface area (Å²) >= 11 is 0. The van der Waals surface area contributed by atoms with Crippen molar-refractivity contribution in [2.75, 3.05) is 57.2 Å². The molecule has 11 heteroatoms. The van der Waals surface area contributed by atoms with Crippen molar-refractivity contribution in [2.24, 2.45) is 0 Å². The van der Waals surface area contributed by atoms with Crippen LogP contribution in [0.2, 0.25) is 0 Å². The largest absolute Gasteiger partial charge is 0.383 e. The number of carbonyl (C=O) groups is 2. The van der Waals surface area contributed by atoms with Crippen LogP contribution in [0.4, 0.5) is 16.2 Å². The summed E-state index contributed by atoms with van der Waals surface area (Å²) < 4.78 is 13.3. The number of aromatic nitrogens is 2. The average molecular weight is 510 g/mol. The van der Waals surface area contributed by atoms with Crippen molar-refractivity contribution in [3.8, 4) is 0 Å². The number of anilines is 2. The van der Waals surface area contributed by atoms with E-state index in [2.05, 4.69) is 15.5 Å². The number of fused-ring (bicyclic) bond motifs is 1. The minimum absolute atomic E-state index is 0.108. The van der Waals surface area contributed by atoms with Crippen LogP contribution >= 0.6 is 0 Å². The number of ether oxygens (including phenoxy) is 2. The average Bonchev–Trinajstić information content (AvgIpc) is 2.89. The van der Waals surface area contributed by atoms with Gasteiger partial charge in [0.05, 0.1) is 37.3 Å². The van der Waals surface area contributed by atoms with E-state index in [0.717, 1.165) is 13.1 Å². The normalized spacial score (nSPS) is 14.0. The van der Waals surface area contributed by atoms with Gasteiger partial charge >= 0.3 is 11.7 Å². The Balaban J connectivity index is 1.62. The number of carbonyl (C=O) groups excluding carboxylic acids is 2. The Morgan fingerprint density at radius 2 is 1.68 bits per heavy atom. The van der Waals surface area contributed by atoms with Crippen LogP contribution in [0.5, 0.6) is 0 Å². The SMILES string of the molecule is COCCn1c(=O)c2cc(NC(=O)Nc3cccc(C(C)=O)c3)ccc2n(CCN2CCOCC2)c1=O. The van der Waals surface area contributed by atoms with Crippen LogP contribution in [-0.2, 0) is 22.6 Å². The highest BCUT2D eigenvalue weighted by Crippen LogP contribution is 2.17. The van der Waals surface area contributed by atoms with Crippen LogP contribution < -0.4 is 21.9 Å². The summed E-state index contributed by atoms with van der Waals surface area (Å²) in [5.41, 5.74) is 0.989. The molecule has 1 saturated heterocycles. The van der Waals surface area contributed by atoms with Crippen molar-refractivity contribution in [1.82, 2.24) is 14.0 Å². The number of urea groups is 1. The van der Waals surface area contributed by atoms with Crippen LogP contribution in [0, 0.1) is 0 Å². The second-order valence-corrected chi connectivity index (χ2v) is 8.79. The number of morpholine rings is 1. The molecule has 37 heavy (non-hydrogen) atoms. The van der Waals surface area contributed by atoms with Gasteiger partial charge in [-0.1, -0.05) is 12.1 Å². The standard InChI is InChI=1S/C26H31N5O6/c1-18(32)19-4-3-5-20(16-19)27-25(34)28-21-6-7-23-22(17-21)24(33)31(12-13-36-2)26(35)30(23)9-8-29-10-14-37-15-11-29/h3-7,16-17H,8-15H2,1-2H3,(H2,27,28,34). The summed E-state index contributed by atoms with van der Waals surface area (Å²) in [6.45, 7) is 5.70. The van der Waals surface area contributed by atoms with Crippen LogP contribution in [-0.4, -0.2) is 72.4 Å². The fourth-order valence-corrected chi connectivity index (χ4v) is 4.27. The van der Waals surface area contributed by atoms with Crippen molar-refractivity contribution in [3.63, 3.8) is 0 Å². The van der Waals surface area contributed by atoms with Gasteiger partial charge in [-0.3, -0.25) is 23.6 Å². The summed E-state index contributed by atoms with van der Waals surface area (Å²) in [6.07, 6.45) is 0. The monoisotopic (exact) mass is 509 g/mol. The Hall–Kier alpha value is -3.80. The highest BCUT2D eigenvalue weighted by atomic mass is 16.5. The highest BCUT2D eigenvalue weighted by Gasteiger charge is 2.17. The summed E-state index contributed by atoms with van der Waals surface area (Å²) in [4.78, 5) is 52.9. The van der Waals surface area contributed by atoms with Gasteiger partial charge in [0.1, 0.15) is 0 Å². The number of methoxy groups -OCH3 is 1. The molecule has 1 fully saturated rings. The summed E-state index contributed by atoms with van der Waals surface area (Å²) in [5.74, 6) is -0.108. The summed E-state index contributed by atoms with van der Waals surface area (Å²) in [6, 6.07) is 11.0. The number of ketones is 1. The first kappa shape index (κ1) is 26.3. The van der Waals surface area contributed by atoms with E-state index in [4.69, 9.17) is 9.47 Å². The lowest BCUT2D eigenvalue weighted by molar-refractivity contribution is 0.0363. The molecule has 2 amide bonds. The lowest BCUT2D eigenvalue weighted by atomic mass is 10.1. The summed E-state index contributed by atoms with van der Waals surface area (Å²) in [5, 5.41) is 5.73. The van der Waals surface area contributed by atoms with E-state index in [1.807, 2.05) is 0 Å². The molecule has 0 bridgehead atoms. The first-order valence-corrected chi connectivity index (χ1v) is 12.1. The Morgan fingerprint density at radius 3 is 2.38 bits per heavy atom. The summed E-state index contributed by atoms with van der Waals surface area (Å²) in [7, 11) is 1.51. The number of nitrogens with one attached hydrogen (secondary N) is 2. The number of hydrogen-bond acceptors (Lipinski definition) is 7. The third-order valence-electron chi connectivity index (χ3n) is 6.27. The number of Topliss-reactive ketones (excluding diaryl/α,β-unsaturated/α-hetero) is 1. The molecule has 11 nitrogen and oxygen atoms in total. The van der Waals surface area contributed by atoms with Gasteiger partial charge in [0.25, 0.3) is 5.56 Å². The predicted molar refractivity (Wildman–Crippen MR) is 141 cm³/mol. The predicted octanol–water partition coefficient (Wildman–Crippen LogP) is 1.99. The number of hydrogen-bond donors (Lipinski definition) is 2. The number of nitrogens with zero attached hydrogens (tertiary/aromatic N) is 3. The molecule has 3 aromatic rings. The molecule has 0 saturated carbocycles. The van der Waals surface area contributed by atoms with Gasteiger partial charge < -0.3 is 20.1 Å². The smallest absolute Gasteiger partial charge is 0.331 e. The fourth-order valence-electron chi connectivity index (χ4n) is 4.27. The number of rotatable bonds is 9. The zero-order chi connectivity index (χ0) is 26.4. The zero-order valence-corrected chi connectivity index (χ0v) is 21.0. The third-order valence-corrected chi connectivity index (χ3v) is 6.27. The molecule has 1 aliphatic rings. The molecule has 2 heterocycles. The van der Waals surface area contributed by atoms with Crippen molar-refractivity contribution in [3.05, 3.63) is 68.9 Å². The highest BCUT2D eigenvalue weighted by molar-refractivity contribution is 6.02. The maximum absolute atomic E-state index is 13.3. The molecule has 2 N–H and O–H groups in total. The molecule has 1 aromatic heterocycles. The molecule has 0 unspecified atom stereocenters. The number of benzene rings is 2. The molecule has 4 rings (SSSR count). The topological polar surface area (TPSA) is 124 Å². The van der Waals surface area contributed by atoms with Gasteiger partial charge in [0.2, 0.25) is 0 Å². The lowest BCUT2D eigenvalue weighted by Crippen LogP contribution is -2.44. The minimum atomic E-state index is -0.527. The fraction of sp³-hybridized carbons (Fsp3) is 0.385. The van der Waals surface area contributed by atoms with Gasteiger partial charge in [-0.05, 0) is 37.3 Å². The van der Waals surface area contributed by atoms with Gasteiger partial charge in [-0.15, -0.1) is 0 Å². The maximum Gasteiger partial charge on any atom is 0.331 e. The van der Waals surface area contributed by atoms with E-state index >= 15 is 0 Å². The van der Waals surface area contributed by atoms with E-state index in [0.29, 0.717) is 54.1 Å². The second-order valence-electron chi connectivity index (χ2n) is 8.79. The van der Waals surface area contributed by atoms with E-state index in [1.54, 1.807) is 47.0 Å². The van der Waals surface area contributed by atoms with Gasteiger partial charge in [0.15, 0.2) is 5.78 Å². The van der Waals surface area contributed by atoms with Gasteiger partial charge in [-0.2, -0.15) is 0 Å². The first-order valence-electron chi connectivity index (χ1n) is 12.1. The zero-order valence-electron chi connectivity index (χ0n) is 21.0. The Labute approximate surface area is 213 Å². The molecule has 0 atom stereocenters. The molecule has 0 aliphatic carbocycles. The van der Waals surface area contributed by atoms with E-state index in [9.17, 15) is 19.2 Å². The molecule has 2 aromatic carbocycles. The molecule has 0 radical (unpaired) electrons. The van der Waals surface area contributed by atoms with Gasteiger partial charge in [-0.25, -0.2) is 9.59 Å². The number of amides is 2. The lowest BCUT2D eigenvalue weighted by Gasteiger charge is -2.27. The van der Waals surface area contributed by atoms with Crippen LogP contribution in [0.25, 0.3) is 10.9 Å². The van der Waals surface area contributed by atoms with E-state index in [-0.39, 0.29) is 18.9 Å². The van der Waals surface area contributed by atoms with Crippen LogP contribution in [0.15, 0.2) is 52.1 Å². The van der Waals surface area contributed by atoms with E-state index < -0.39 is 17.3 Å². The Bertz CT molecular complexity index is 1410. The third kappa shape index (κ3) is 6.31. The van der Waals surface area contributed by atoms with Crippen molar-refractivity contribution < 1.29 is 19.1 Å². The maximum atomic E-state index is 13.3. The minimum Gasteiger partial charge on any atom is -0.383 e. The Morgan fingerprint density at radius 1 is 0.946 bits per heavy atom. The van der Waals surface area contributed by atoms with Crippen molar-refractivity contribution >= 4 is 34.1 Å². The molecular weight excluding hydrogens is 478 g/mol.